The summed E-state index contributed by atoms with van der Waals surface area (Å²) in [6.07, 6.45) is 3.10. The van der Waals surface area contributed by atoms with Crippen molar-refractivity contribution in [2.75, 3.05) is 18.5 Å². The Labute approximate surface area is 211 Å². The number of alkyl halides is 1. The molecule has 2 aromatic carbocycles. The lowest BCUT2D eigenvalue weighted by Gasteiger charge is -2.23. The van der Waals surface area contributed by atoms with E-state index in [-0.39, 0.29) is 18.7 Å². The average molecular weight is 574 g/mol. The van der Waals surface area contributed by atoms with Crippen LogP contribution in [0.1, 0.15) is 54.0 Å². The summed E-state index contributed by atoms with van der Waals surface area (Å²) in [5.41, 5.74) is 5.03. The maximum atomic E-state index is 13.3. The van der Waals surface area contributed by atoms with Gasteiger partial charge in [-0.05, 0) is 85.5 Å². The number of fused-ring (bicyclic) bond motifs is 2. The molecule has 5 rings (SSSR count). The molecular formula is C25H27IN4O4. The minimum atomic E-state index is -0.672. The molecular weight excluding hydrogens is 547 g/mol. The predicted octanol–water partition coefficient (Wildman–Crippen LogP) is 5.07. The van der Waals surface area contributed by atoms with Crippen LogP contribution in [-0.4, -0.2) is 43.8 Å². The molecule has 1 N–H and O–H groups in total. The Bertz CT molecular complexity index is 1250. The number of hydrogen-bond donors (Lipinski definition) is 1. The SMILES string of the molecule is CCOC(=O)C(I)N1Cc2cccc(Nc3ccc4c(C)nn(C5CCCCO5)c4c3)c2C1=O. The Kier molecular flexibility index (Phi) is 6.48. The fourth-order valence-corrected chi connectivity index (χ4v) is 5.30. The number of nitrogens with one attached hydrogen (secondary N) is 1. The van der Waals surface area contributed by atoms with E-state index in [1.54, 1.807) is 11.8 Å². The quantitative estimate of drug-likeness (QED) is 0.192. The van der Waals surface area contributed by atoms with Crippen molar-refractivity contribution in [2.24, 2.45) is 0 Å². The summed E-state index contributed by atoms with van der Waals surface area (Å²) in [5, 5.41) is 9.27. The predicted molar refractivity (Wildman–Crippen MR) is 137 cm³/mol. The van der Waals surface area contributed by atoms with Crippen molar-refractivity contribution in [1.29, 1.82) is 0 Å². The Balaban J connectivity index is 1.44. The molecule has 1 saturated heterocycles. The molecule has 0 spiro atoms. The summed E-state index contributed by atoms with van der Waals surface area (Å²) in [5.74, 6) is -0.582. The zero-order valence-corrected chi connectivity index (χ0v) is 21.4. The van der Waals surface area contributed by atoms with Gasteiger partial charge in [0.15, 0.2) is 10.3 Å². The van der Waals surface area contributed by atoms with Crippen LogP contribution in [0, 0.1) is 6.92 Å². The molecule has 2 atom stereocenters. The number of carbonyl (C=O) groups is 2. The van der Waals surface area contributed by atoms with Crippen molar-refractivity contribution in [3.05, 3.63) is 53.2 Å². The highest BCUT2D eigenvalue weighted by molar-refractivity contribution is 14.1. The molecule has 1 aromatic heterocycles. The van der Waals surface area contributed by atoms with E-state index >= 15 is 0 Å². The van der Waals surface area contributed by atoms with Crippen LogP contribution < -0.4 is 5.32 Å². The lowest BCUT2D eigenvalue weighted by Crippen LogP contribution is -2.38. The highest BCUT2D eigenvalue weighted by Crippen LogP contribution is 2.35. The number of halogens is 1. The normalized spacial score (nSPS) is 18.7. The van der Waals surface area contributed by atoms with Crippen molar-refractivity contribution < 1.29 is 19.1 Å². The minimum absolute atomic E-state index is 0.0558. The van der Waals surface area contributed by atoms with E-state index in [9.17, 15) is 9.59 Å². The Hall–Kier alpha value is -2.66. The minimum Gasteiger partial charge on any atom is -0.464 e. The first-order chi connectivity index (χ1) is 16.5. The average Bonchev–Trinajstić information content (AvgIpc) is 3.36. The molecule has 0 radical (unpaired) electrons. The van der Waals surface area contributed by atoms with Gasteiger partial charge in [-0.1, -0.05) is 12.1 Å². The summed E-state index contributed by atoms with van der Waals surface area (Å²) in [6, 6.07) is 11.9. The first-order valence-electron chi connectivity index (χ1n) is 11.6. The van der Waals surface area contributed by atoms with Crippen molar-refractivity contribution in [3.63, 3.8) is 0 Å². The molecule has 1 fully saturated rings. The van der Waals surface area contributed by atoms with Gasteiger partial charge in [0.05, 0.1) is 29.1 Å². The maximum Gasteiger partial charge on any atom is 0.339 e. The molecule has 178 valence electrons. The van der Waals surface area contributed by atoms with Crippen molar-refractivity contribution in [2.45, 2.75) is 49.9 Å². The van der Waals surface area contributed by atoms with Crippen LogP contribution in [0.5, 0.6) is 0 Å². The van der Waals surface area contributed by atoms with Crippen LogP contribution in [-0.2, 0) is 20.8 Å². The molecule has 34 heavy (non-hydrogen) atoms. The molecule has 2 aliphatic rings. The molecule has 9 heteroatoms. The number of esters is 1. The van der Waals surface area contributed by atoms with Crippen molar-refractivity contribution in [1.82, 2.24) is 14.7 Å². The number of hydrogen-bond acceptors (Lipinski definition) is 6. The van der Waals surface area contributed by atoms with Gasteiger partial charge >= 0.3 is 5.97 Å². The smallest absolute Gasteiger partial charge is 0.339 e. The molecule has 0 bridgehead atoms. The van der Waals surface area contributed by atoms with E-state index in [0.717, 1.165) is 53.7 Å². The zero-order valence-electron chi connectivity index (χ0n) is 19.2. The van der Waals surface area contributed by atoms with Gasteiger partial charge in [-0.3, -0.25) is 4.79 Å². The van der Waals surface area contributed by atoms with Gasteiger partial charge in [0.2, 0.25) is 0 Å². The highest BCUT2D eigenvalue weighted by Gasteiger charge is 2.37. The van der Waals surface area contributed by atoms with Crippen LogP contribution in [0.15, 0.2) is 36.4 Å². The molecule has 2 unspecified atom stereocenters. The monoisotopic (exact) mass is 574 g/mol. The summed E-state index contributed by atoms with van der Waals surface area (Å²) in [6.45, 7) is 5.18. The van der Waals surface area contributed by atoms with Gasteiger partial charge < -0.3 is 19.7 Å². The Morgan fingerprint density at radius 2 is 2.18 bits per heavy atom. The van der Waals surface area contributed by atoms with E-state index in [2.05, 4.69) is 17.4 Å². The van der Waals surface area contributed by atoms with Crippen LogP contribution >= 0.6 is 22.6 Å². The van der Waals surface area contributed by atoms with Crippen LogP contribution in [0.25, 0.3) is 10.9 Å². The fourth-order valence-electron chi connectivity index (χ4n) is 4.67. The maximum absolute atomic E-state index is 13.3. The Morgan fingerprint density at radius 3 is 2.94 bits per heavy atom. The van der Waals surface area contributed by atoms with Crippen molar-refractivity contribution >= 4 is 56.7 Å². The number of amides is 1. The van der Waals surface area contributed by atoms with E-state index in [4.69, 9.17) is 14.6 Å². The second-order valence-corrected chi connectivity index (χ2v) is 9.75. The summed E-state index contributed by atoms with van der Waals surface area (Å²) < 4.78 is 12.4. The standard InChI is InChI=1S/C25H27IN4O4/c1-3-33-25(32)23(26)29-14-16-7-6-8-19(22(16)24(29)31)27-17-10-11-18-15(2)28-30(20(18)13-17)21-9-4-5-12-34-21/h6-8,10-11,13,21,23,27H,3-5,9,12,14H2,1-2H3. The third kappa shape index (κ3) is 4.15. The van der Waals surface area contributed by atoms with Crippen LogP contribution in [0.4, 0.5) is 11.4 Å². The third-order valence-corrected chi connectivity index (χ3v) is 7.50. The van der Waals surface area contributed by atoms with Crippen LogP contribution in [0.3, 0.4) is 0 Å². The summed E-state index contributed by atoms with van der Waals surface area (Å²) >= 11 is 1.97. The van der Waals surface area contributed by atoms with Crippen LogP contribution in [0.2, 0.25) is 0 Å². The first-order valence-corrected chi connectivity index (χ1v) is 12.8. The first kappa shape index (κ1) is 23.1. The number of aromatic nitrogens is 2. The number of carbonyl (C=O) groups excluding carboxylic acids is 2. The lowest BCUT2D eigenvalue weighted by molar-refractivity contribution is -0.144. The number of rotatable bonds is 6. The second-order valence-electron chi connectivity index (χ2n) is 8.57. The summed E-state index contributed by atoms with van der Waals surface area (Å²) in [4.78, 5) is 27.1. The van der Waals surface area contributed by atoms with E-state index < -0.39 is 10.0 Å². The fraction of sp³-hybridized carbons (Fsp3) is 0.400. The van der Waals surface area contributed by atoms with E-state index in [1.165, 1.54) is 0 Å². The molecule has 0 aliphatic carbocycles. The van der Waals surface area contributed by atoms with Gasteiger partial charge in [-0.15, -0.1) is 0 Å². The molecule has 3 aromatic rings. The zero-order chi connectivity index (χ0) is 23.8. The number of nitrogens with zero attached hydrogens (tertiary/aromatic N) is 3. The number of anilines is 2. The highest BCUT2D eigenvalue weighted by atomic mass is 127. The van der Waals surface area contributed by atoms with E-state index in [1.807, 2.05) is 58.5 Å². The van der Waals surface area contributed by atoms with Gasteiger partial charge in [-0.2, -0.15) is 5.10 Å². The molecule has 8 nitrogen and oxygen atoms in total. The Morgan fingerprint density at radius 1 is 1.32 bits per heavy atom. The third-order valence-electron chi connectivity index (χ3n) is 6.32. The van der Waals surface area contributed by atoms with Gasteiger partial charge in [0, 0.05) is 24.2 Å². The summed E-state index contributed by atoms with van der Waals surface area (Å²) in [7, 11) is 0. The number of aryl methyl sites for hydroxylation is 1. The van der Waals surface area contributed by atoms with E-state index in [0.29, 0.717) is 17.8 Å². The molecule has 1 amide bonds. The number of benzene rings is 2. The molecule has 3 heterocycles. The molecule has 2 aliphatic heterocycles. The van der Waals surface area contributed by atoms with Gasteiger partial charge in [0.25, 0.3) is 5.91 Å². The number of ether oxygens (including phenoxy) is 2. The lowest BCUT2D eigenvalue weighted by atomic mass is 10.1. The molecule has 0 saturated carbocycles. The second kappa shape index (κ2) is 9.53. The van der Waals surface area contributed by atoms with Crippen molar-refractivity contribution in [3.8, 4) is 0 Å². The topological polar surface area (TPSA) is 85.7 Å². The van der Waals surface area contributed by atoms with Gasteiger partial charge in [0.1, 0.15) is 0 Å². The largest absolute Gasteiger partial charge is 0.464 e. The van der Waals surface area contributed by atoms with Gasteiger partial charge in [-0.25, -0.2) is 9.48 Å².